The molecular weight excluding hydrogens is 228 g/mol. The maximum atomic E-state index is 11.5. The molecule has 0 aliphatic rings. The maximum absolute atomic E-state index is 11.5. The summed E-state index contributed by atoms with van der Waals surface area (Å²) in [4.78, 5) is 0. The van der Waals surface area contributed by atoms with Crippen LogP contribution < -0.4 is 10.5 Å². The van der Waals surface area contributed by atoms with Gasteiger partial charge in [-0.15, -0.1) is 0 Å². The quantitative estimate of drug-likeness (QED) is 0.584. The molecule has 16 heavy (non-hydrogen) atoms. The number of nitrogens with zero attached hydrogens (tertiary/aromatic N) is 1. The van der Waals surface area contributed by atoms with Crippen LogP contribution in [0.1, 0.15) is 24.1 Å². The molecule has 0 aliphatic heterocycles. The van der Waals surface area contributed by atoms with Crippen LogP contribution in [0.2, 0.25) is 0 Å². The third kappa shape index (κ3) is 4.30. The molecule has 1 aromatic heterocycles. The van der Waals surface area contributed by atoms with E-state index in [4.69, 9.17) is 5.73 Å². The second-order valence-electron chi connectivity index (χ2n) is 3.66. The Balaban J connectivity index is 2.39. The number of rotatable bonds is 7. The zero-order chi connectivity index (χ0) is 12.0. The molecule has 0 radical (unpaired) electrons. The van der Waals surface area contributed by atoms with Gasteiger partial charge in [0.15, 0.2) is 0 Å². The number of hydrogen-bond donors (Lipinski definition) is 3. The third-order valence-electron chi connectivity index (χ3n) is 2.28. The normalized spacial score (nSPS) is 11.9. The Hall–Kier alpha value is -0.920. The lowest BCUT2D eigenvalue weighted by atomic mass is 10.3. The lowest BCUT2D eigenvalue weighted by molar-refractivity contribution is 0.577. The van der Waals surface area contributed by atoms with E-state index in [0.717, 1.165) is 17.7 Å². The van der Waals surface area contributed by atoms with Gasteiger partial charge in [-0.05, 0) is 26.3 Å². The number of H-pyrrole nitrogens is 1. The van der Waals surface area contributed by atoms with E-state index in [-0.39, 0.29) is 12.3 Å². The highest BCUT2D eigenvalue weighted by Gasteiger charge is 2.10. The van der Waals surface area contributed by atoms with Gasteiger partial charge >= 0.3 is 0 Å². The number of sulfonamides is 1. The van der Waals surface area contributed by atoms with E-state index < -0.39 is 10.0 Å². The van der Waals surface area contributed by atoms with E-state index in [9.17, 15) is 8.42 Å². The van der Waals surface area contributed by atoms with Gasteiger partial charge < -0.3 is 5.73 Å². The summed E-state index contributed by atoms with van der Waals surface area (Å²) in [6.45, 7) is 2.66. The molecule has 0 aliphatic carbocycles. The van der Waals surface area contributed by atoms with Crippen molar-refractivity contribution in [3.8, 4) is 0 Å². The lowest BCUT2D eigenvalue weighted by Crippen LogP contribution is -2.26. The Morgan fingerprint density at radius 1 is 1.50 bits per heavy atom. The largest absolute Gasteiger partial charge is 0.330 e. The summed E-state index contributed by atoms with van der Waals surface area (Å²) < 4.78 is 25.6. The van der Waals surface area contributed by atoms with Gasteiger partial charge in [0.05, 0.1) is 11.9 Å². The zero-order valence-electron chi connectivity index (χ0n) is 9.36. The molecule has 0 amide bonds. The monoisotopic (exact) mass is 246 g/mol. The number of nitrogens with one attached hydrogen (secondary N) is 2. The molecule has 7 heteroatoms. The fraction of sp³-hybridized carbons (Fsp3) is 0.667. The first kappa shape index (κ1) is 13.1. The molecule has 0 unspecified atom stereocenters. The molecule has 1 heterocycles. The van der Waals surface area contributed by atoms with Crippen molar-refractivity contribution < 1.29 is 8.42 Å². The molecule has 0 saturated carbocycles. The first-order valence-corrected chi connectivity index (χ1v) is 6.86. The molecule has 0 saturated heterocycles. The van der Waals surface area contributed by atoms with Gasteiger partial charge in [0.1, 0.15) is 0 Å². The number of aromatic nitrogens is 2. The van der Waals surface area contributed by atoms with Crippen LogP contribution in [0.3, 0.4) is 0 Å². The molecule has 1 aromatic rings. The van der Waals surface area contributed by atoms with E-state index in [2.05, 4.69) is 14.9 Å². The van der Waals surface area contributed by atoms with Gasteiger partial charge in [0.25, 0.3) is 0 Å². The molecule has 0 aromatic carbocycles. The number of aryl methyl sites for hydroxylation is 1. The molecule has 0 spiro atoms. The maximum Gasteiger partial charge on any atom is 0.211 e. The van der Waals surface area contributed by atoms with Crippen molar-refractivity contribution in [3.63, 3.8) is 0 Å². The van der Waals surface area contributed by atoms with Crippen molar-refractivity contribution in [2.24, 2.45) is 5.73 Å². The van der Waals surface area contributed by atoms with Crippen LogP contribution in [-0.4, -0.2) is 30.9 Å². The summed E-state index contributed by atoms with van der Waals surface area (Å²) in [6, 6.07) is 0. The van der Waals surface area contributed by atoms with Gasteiger partial charge in [-0.2, -0.15) is 5.10 Å². The second kappa shape index (κ2) is 5.97. The predicted octanol–water partition coefficient (Wildman–Crippen LogP) is -0.124. The minimum atomic E-state index is -3.19. The van der Waals surface area contributed by atoms with Gasteiger partial charge in [0, 0.05) is 17.8 Å². The van der Waals surface area contributed by atoms with Crippen molar-refractivity contribution in [3.05, 3.63) is 17.5 Å². The zero-order valence-corrected chi connectivity index (χ0v) is 10.2. The number of unbranched alkanes of at least 4 members (excludes halogenated alkanes) is 1. The first-order chi connectivity index (χ1) is 7.55. The fourth-order valence-corrected chi connectivity index (χ4v) is 2.35. The van der Waals surface area contributed by atoms with Crippen molar-refractivity contribution in [2.45, 2.75) is 26.3 Å². The number of nitrogens with two attached hydrogens (primary N) is 1. The SMILES string of the molecule is Cc1[nH]ncc1CNS(=O)(=O)CCCCN. The van der Waals surface area contributed by atoms with Crippen LogP contribution in [0, 0.1) is 6.92 Å². The lowest BCUT2D eigenvalue weighted by Gasteiger charge is -2.05. The van der Waals surface area contributed by atoms with Crippen LogP contribution in [0.4, 0.5) is 0 Å². The van der Waals surface area contributed by atoms with Crippen LogP contribution >= 0.6 is 0 Å². The molecule has 0 atom stereocenters. The second-order valence-corrected chi connectivity index (χ2v) is 5.58. The van der Waals surface area contributed by atoms with Gasteiger partial charge in [-0.25, -0.2) is 13.1 Å². The van der Waals surface area contributed by atoms with Gasteiger partial charge in [-0.1, -0.05) is 0 Å². The van der Waals surface area contributed by atoms with Crippen molar-refractivity contribution in [1.82, 2.24) is 14.9 Å². The van der Waals surface area contributed by atoms with E-state index in [1.54, 1.807) is 6.20 Å². The Bertz CT molecular complexity index is 413. The summed E-state index contributed by atoms with van der Waals surface area (Å²) >= 11 is 0. The number of hydrogen-bond acceptors (Lipinski definition) is 4. The van der Waals surface area contributed by atoms with Crippen LogP contribution in [0.5, 0.6) is 0 Å². The van der Waals surface area contributed by atoms with Crippen LogP contribution in [0.15, 0.2) is 6.20 Å². The van der Waals surface area contributed by atoms with E-state index in [1.807, 2.05) is 6.92 Å². The van der Waals surface area contributed by atoms with E-state index >= 15 is 0 Å². The Morgan fingerprint density at radius 2 is 2.25 bits per heavy atom. The molecule has 1 rings (SSSR count). The smallest absolute Gasteiger partial charge is 0.211 e. The standard InChI is InChI=1S/C9H18N4O2S/c1-8-9(6-11-13-8)7-12-16(14,15)5-3-2-4-10/h6,12H,2-5,7,10H2,1H3,(H,11,13). The summed E-state index contributed by atoms with van der Waals surface area (Å²) in [5.41, 5.74) is 7.04. The average molecular weight is 246 g/mol. The Morgan fingerprint density at radius 3 is 2.81 bits per heavy atom. The van der Waals surface area contributed by atoms with E-state index in [1.165, 1.54) is 0 Å². The van der Waals surface area contributed by atoms with Crippen LogP contribution in [-0.2, 0) is 16.6 Å². The van der Waals surface area contributed by atoms with Crippen molar-refractivity contribution in [2.75, 3.05) is 12.3 Å². The van der Waals surface area contributed by atoms with E-state index in [0.29, 0.717) is 13.0 Å². The fourth-order valence-electron chi connectivity index (χ4n) is 1.25. The minimum Gasteiger partial charge on any atom is -0.330 e. The van der Waals surface area contributed by atoms with Gasteiger partial charge in [0.2, 0.25) is 10.0 Å². The van der Waals surface area contributed by atoms with Gasteiger partial charge in [-0.3, -0.25) is 5.10 Å². The third-order valence-corrected chi connectivity index (χ3v) is 3.69. The molecule has 0 fully saturated rings. The summed E-state index contributed by atoms with van der Waals surface area (Å²) in [5, 5.41) is 6.58. The minimum absolute atomic E-state index is 0.126. The van der Waals surface area contributed by atoms with Crippen LogP contribution in [0.25, 0.3) is 0 Å². The number of aromatic amines is 1. The highest BCUT2D eigenvalue weighted by Crippen LogP contribution is 2.03. The summed E-state index contributed by atoms with van der Waals surface area (Å²) in [6.07, 6.45) is 2.94. The predicted molar refractivity (Wildman–Crippen MR) is 62.2 cm³/mol. The molecule has 6 nitrogen and oxygen atoms in total. The highest BCUT2D eigenvalue weighted by atomic mass is 32.2. The summed E-state index contributed by atoms with van der Waals surface area (Å²) in [7, 11) is -3.19. The highest BCUT2D eigenvalue weighted by molar-refractivity contribution is 7.89. The Kier molecular flexibility index (Phi) is 4.91. The average Bonchev–Trinajstić information content (AvgIpc) is 2.62. The molecule has 92 valence electrons. The van der Waals surface area contributed by atoms with Crippen molar-refractivity contribution >= 4 is 10.0 Å². The molecule has 4 N–H and O–H groups in total. The molecular formula is C9H18N4O2S. The summed E-state index contributed by atoms with van der Waals surface area (Å²) in [5.74, 6) is 0.126. The molecule has 0 bridgehead atoms. The topological polar surface area (TPSA) is 101 Å². The first-order valence-electron chi connectivity index (χ1n) is 5.21. The van der Waals surface area contributed by atoms with Crippen molar-refractivity contribution in [1.29, 1.82) is 0 Å². The Labute approximate surface area is 95.7 Å².